The summed E-state index contributed by atoms with van der Waals surface area (Å²) in [5.74, 6) is -2.82. The number of methoxy groups -OCH3 is 1. The van der Waals surface area contributed by atoms with Crippen molar-refractivity contribution in [2.75, 3.05) is 7.11 Å². The number of nitrogens with one attached hydrogen (secondary N) is 1. The third-order valence-corrected chi connectivity index (χ3v) is 3.83. The molecular formula is C19H19NO6. The minimum absolute atomic E-state index is 0.0200. The molecule has 136 valence electrons. The van der Waals surface area contributed by atoms with E-state index in [1.165, 1.54) is 31.4 Å². The standard InChI is InChI=1S/C19H19NO6/c1-26-16(13-5-3-2-4-6-13)17(21)20-15(19(24)25)11-12-7-9-14(10-8-12)18(22)23/h2-10,15-16H,11H2,1H3,(H,20,21)(H,22,23)(H,24,25)/t15-,16-/m1/s1. The van der Waals surface area contributed by atoms with Crippen molar-refractivity contribution < 1.29 is 29.3 Å². The van der Waals surface area contributed by atoms with Crippen LogP contribution in [0.3, 0.4) is 0 Å². The summed E-state index contributed by atoms with van der Waals surface area (Å²) in [5.41, 5.74) is 1.31. The zero-order chi connectivity index (χ0) is 19.1. The summed E-state index contributed by atoms with van der Waals surface area (Å²) in [5, 5.41) is 20.8. The Morgan fingerprint density at radius 1 is 1.00 bits per heavy atom. The number of carbonyl (C=O) groups excluding carboxylic acids is 1. The molecule has 2 aromatic rings. The highest BCUT2D eigenvalue weighted by Gasteiger charge is 2.26. The van der Waals surface area contributed by atoms with Crippen LogP contribution in [0.5, 0.6) is 0 Å². The molecule has 0 radical (unpaired) electrons. The molecule has 0 aliphatic rings. The van der Waals surface area contributed by atoms with Gasteiger partial charge in [-0.15, -0.1) is 0 Å². The molecule has 0 aliphatic heterocycles. The fourth-order valence-corrected chi connectivity index (χ4v) is 2.49. The van der Waals surface area contributed by atoms with Crippen molar-refractivity contribution in [2.45, 2.75) is 18.6 Å². The molecule has 0 aliphatic carbocycles. The fourth-order valence-electron chi connectivity index (χ4n) is 2.49. The van der Waals surface area contributed by atoms with Crippen LogP contribution in [-0.4, -0.2) is 41.2 Å². The van der Waals surface area contributed by atoms with Crippen LogP contribution >= 0.6 is 0 Å². The fraction of sp³-hybridized carbons (Fsp3) is 0.211. The molecule has 0 saturated heterocycles. The number of amides is 1. The normalized spacial score (nSPS) is 12.8. The van der Waals surface area contributed by atoms with Gasteiger partial charge in [0.1, 0.15) is 6.04 Å². The summed E-state index contributed by atoms with van der Waals surface area (Å²) in [6, 6.07) is 13.4. The summed E-state index contributed by atoms with van der Waals surface area (Å²) >= 11 is 0. The van der Waals surface area contributed by atoms with E-state index in [0.29, 0.717) is 11.1 Å². The quantitative estimate of drug-likeness (QED) is 0.665. The Morgan fingerprint density at radius 3 is 2.12 bits per heavy atom. The van der Waals surface area contributed by atoms with Gasteiger partial charge in [0.05, 0.1) is 5.56 Å². The van der Waals surface area contributed by atoms with Gasteiger partial charge in [0.15, 0.2) is 6.10 Å². The van der Waals surface area contributed by atoms with Crippen LogP contribution in [0.1, 0.15) is 27.6 Å². The summed E-state index contributed by atoms with van der Waals surface area (Å²) in [4.78, 5) is 34.8. The highest BCUT2D eigenvalue weighted by Crippen LogP contribution is 2.17. The van der Waals surface area contributed by atoms with E-state index in [0.717, 1.165) is 0 Å². The van der Waals surface area contributed by atoms with Crippen molar-refractivity contribution in [1.29, 1.82) is 0 Å². The average molecular weight is 357 g/mol. The zero-order valence-corrected chi connectivity index (χ0v) is 14.1. The molecule has 2 aromatic carbocycles. The van der Waals surface area contributed by atoms with E-state index < -0.39 is 30.0 Å². The number of carboxylic acids is 2. The lowest BCUT2D eigenvalue weighted by Crippen LogP contribution is -2.44. The number of hydrogen-bond donors (Lipinski definition) is 3. The first-order chi connectivity index (χ1) is 12.4. The third-order valence-electron chi connectivity index (χ3n) is 3.83. The maximum Gasteiger partial charge on any atom is 0.335 e. The predicted molar refractivity (Wildman–Crippen MR) is 92.9 cm³/mol. The van der Waals surface area contributed by atoms with Gasteiger partial charge >= 0.3 is 11.9 Å². The van der Waals surface area contributed by atoms with Gasteiger partial charge in [0.2, 0.25) is 0 Å². The number of aromatic carboxylic acids is 1. The van der Waals surface area contributed by atoms with E-state index in [1.54, 1.807) is 30.3 Å². The SMILES string of the molecule is CO[C@@H](C(=O)N[C@H](Cc1ccc(C(=O)O)cc1)C(=O)O)c1ccccc1. The van der Waals surface area contributed by atoms with Crippen molar-refractivity contribution >= 4 is 17.8 Å². The van der Waals surface area contributed by atoms with Crippen LogP contribution in [0.25, 0.3) is 0 Å². The molecule has 26 heavy (non-hydrogen) atoms. The predicted octanol–water partition coefficient (Wildman–Crippen LogP) is 1.88. The molecule has 3 N–H and O–H groups in total. The van der Waals surface area contributed by atoms with Crippen molar-refractivity contribution in [3.05, 3.63) is 71.3 Å². The van der Waals surface area contributed by atoms with Gasteiger partial charge < -0.3 is 20.3 Å². The van der Waals surface area contributed by atoms with Crippen molar-refractivity contribution in [2.24, 2.45) is 0 Å². The monoisotopic (exact) mass is 357 g/mol. The second-order valence-corrected chi connectivity index (χ2v) is 5.63. The molecule has 0 fully saturated rings. The molecular weight excluding hydrogens is 338 g/mol. The van der Waals surface area contributed by atoms with E-state index in [-0.39, 0.29) is 12.0 Å². The van der Waals surface area contributed by atoms with Crippen LogP contribution in [-0.2, 0) is 20.7 Å². The van der Waals surface area contributed by atoms with Crippen LogP contribution in [0.4, 0.5) is 0 Å². The highest BCUT2D eigenvalue weighted by molar-refractivity contribution is 5.88. The van der Waals surface area contributed by atoms with Gasteiger partial charge in [-0.2, -0.15) is 0 Å². The maximum absolute atomic E-state index is 12.4. The Balaban J connectivity index is 2.10. The third kappa shape index (κ3) is 4.90. The number of rotatable bonds is 8. The minimum atomic E-state index is -1.19. The molecule has 0 heterocycles. The molecule has 0 saturated carbocycles. The summed E-state index contributed by atoms with van der Waals surface area (Å²) in [6.07, 6.45) is -0.904. The lowest BCUT2D eigenvalue weighted by molar-refractivity contribution is -0.144. The molecule has 0 unspecified atom stereocenters. The van der Waals surface area contributed by atoms with Crippen molar-refractivity contribution in [3.8, 4) is 0 Å². The minimum Gasteiger partial charge on any atom is -0.480 e. The van der Waals surface area contributed by atoms with E-state index in [1.807, 2.05) is 0 Å². The van der Waals surface area contributed by atoms with Gasteiger partial charge in [-0.25, -0.2) is 9.59 Å². The average Bonchev–Trinajstić information content (AvgIpc) is 2.63. The summed E-state index contributed by atoms with van der Waals surface area (Å²) in [7, 11) is 1.37. The van der Waals surface area contributed by atoms with Gasteiger partial charge in [0.25, 0.3) is 5.91 Å². The van der Waals surface area contributed by atoms with E-state index >= 15 is 0 Å². The first kappa shape index (κ1) is 19.1. The first-order valence-electron chi connectivity index (χ1n) is 7.85. The highest BCUT2D eigenvalue weighted by atomic mass is 16.5. The molecule has 7 nitrogen and oxygen atoms in total. The van der Waals surface area contributed by atoms with Crippen molar-refractivity contribution in [1.82, 2.24) is 5.32 Å². The number of carboxylic acid groups (broad SMARTS) is 2. The van der Waals surface area contributed by atoms with Crippen LogP contribution in [0.15, 0.2) is 54.6 Å². The lowest BCUT2D eigenvalue weighted by Gasteiger charge is -2.20. The second kappa shape index (κ2) is 8.77. The smallest absolute Gasteiger partial charge is 0.335 e. The van der Waals surface area contributed by atoms with Crippen molar-refractivity contribution in [3.63, 3.8) is 0 Å². The molecule has 1 amide bonds. The Bertz CT molecular complexity index is 772. The topological polar surface area (TPSA) is 113 Å². The van der Waals surface area contributed by atoms with Gasteiger partial charge in [0, 0.05) is 13.5 Å². The van der Waals surface area contributed by atoms with Gasteiger partial charge in [-0.3, -0.25) is 4.79 Å². The van der Waals surface area contributed by atoms with Crippen LogP contribution in [0, 0.1) is 0 Å². The largest absolute Gasteiger partial charge is 0.480 e. The Kier molecular flexibility index (Phi) is 6.46. The van der Waals surface area contributed by atoms with E-state index in [4.69, 9.17) is 9.84 Å². The number of hydrogen-bond acceptors (Lipinski definition) is 4. The molecule has 2 rings (SSSR count). The van der Waals surface area contributed by atoms with Gasteiger partial charge in [-0.1, -0.05) is 42.5 Å². The number of benzene rings is 2. The first-order valence-corrected chi connectivity index (χ1v) is 7.85. The summed E-state index contributed by atoms with van der Waals surface area (Å²) in [6.45, 7) is 0. The van der Waals surface area contributed by atoms with Gasteiger partial charge in [-0.05, 0) is 23.3 Å². The molecule has 0 spiro atoms. The maximum atomic E-state index is 12.4. The molecule has 0 bridgehead atoms. The lowest BCUT2D eigenvalue weighted by atomic mass is 10.0. The number of ether oxygens (including phenoxy) is 1. The van der Waals surface area contributed by atoms with Crippen LogP contribution in [0.2, 0.25) is 0 Å². The molecule has 0 aromatic heterocycles. The molecule has 2 atom stereocenters. The Morgan fingerprint density at radius 2 is 1.62 bits per heavy atom. The number of aliphatic carboxylic acids is 1. The zero-order valence-electron chi connectivity index (χ0n) is 14.1. The van der Waals surface area contributed by atoms with Crippen LogP contribution < -0.4 is 5.32 Å². The summed E-state index contributed by atoms with van der Waals surface area (Å²) < 4.78 is 5.20. The number of carbonyl (C=O) groups is 3. The Hall–Kier alpha value is -3.19. The Labute approximate surface area is 150 Å². The second-order valence-electron chi connectivity index (χ2n) is 5.63. The molecule has 7 heteroatoms. The van der Waals surface area contributed by atoms with E-state index in [9.17, 15) is 19.5 Å². The van der Waals surface area contributed by atoms with E-state index in [2.05, 4.69) is 5.32 Å².